The van der Waals surface area contributed by atoms with Crippen LogP contribution in [0.4, 0.5) is 10.5 Å². The van der Waals surface area contributed by atoms with Gasteiger partial charge >= 0.3 is 6.03 Å². The molecule has 1 saturated heterocycles. The van der Waals surface area contributed by atoms with E-state index in [1.807, 2.05) is 53.2 Å². The van der Waals surface area contributed by atoms with Gasteiger partial charge < -0.3 is 9.88 Å². The fraction of sp³-hybridized carbons (Fsp3) is 0. The molecule has 26 heavy (non-hydrogen) atoms. The average molecular weight is 408 g/mol. The van der Waals surface area contributed by atoms with Crippen molar-refractivity contribution in [2.24, 2.45) is 0 Å². The van der Waals surface area contributed by atoms with Gasteiger partial charge in [-0.2, -0.15) is 0 Å². The van der Waals surface area contributed by atoms with Crippen LogP contribution in [-0.2, 0) is 4.79 Å². The highest BCUT2D eigenvalue weighted by atomic mass is 79.9. The first-order valence-electron chi connectivity index (χ1n) is 7.99. The highest BCUT2D eigenvalue weighted by molar-refractivity contribution is 9.10. The number of amides is 3. The summed E-state index contributed by atoms with van der Waals surface area (Å²) in [6.07, 6.45) is 3.59. The summed E-state index contributed by atoms with van der Waals surface area (Å²) in [5.41, 5.74) is 2.55. The lowest BCUT2D eigenvalue weighted by Gasteiger charge is -2.11. The van der Waals surface area contributed by atoms with Crippen molar-refractivity contribution in [3.8, 4) is 5.69 Å². The molecule has 3 amide bonds. The van der Waals surface area contributed by atoms with Gasteiger partial charge in [-0.3, -0.25) is 4.79 Å². The molecule has 0 saturated carbocycles. The minimum absolute atomic E-state index is 0.246. The molecule has 1 aliphatic rings. The number of hydrogen-bond acceptors (Lipinski definition) is 2. The summed E-state index contributed by atoms with van der Waals surface area (Å²) < 4.78 is 2.94. The molecule has 3 aromatic rings. The van der Waals surface area contributed by atoms with E-state index in [1.54, 1.807) is 30.3 Å². The molecular weight excluding hydrogens is 394 g/mol. The zero-order valence-corrected chi connectivity index (χ0v) is 15.2. The lowest BCUT2D eigenvalue weighted by molar-refractivity contribution is -0.113. The Kier molecular flexibility index (Phi) is 4.18. The van der Waals surface area contributed by atoms with Gasteiger partial charge in [0.15, 0.2) is 0 Å². The number of carbonyl (C=O) groups excluding carboxylic acids is 2. The SMILES string of the molecule is O=C1NC(=Cc2cccn2-c2ccc(Br)cc2)C(=O)N1c1ccccc1. The number of rotatable bonds is 3. The second-order valence-electron chi connectivity index (χ2n) is 5.74. The topological polar surface area (TPSA) is 54.3 Å². The molecule has 128 valence electrons. The molecule has 0 unspecified atom stereocenters. The van der Waals surface area contributed by atoms with E-state index in [2.05, 4.69) is 21.2 Å². The highest BCUT2D eigenvalue weighted by Crippen LogP contribution is 2.23. The van der Waals surface area contributed by atoms with Crippen molar-refractivity contribution in [2.45, 2.75) is 0 Å². The lowest BCUT2D eigenvalue weighted by atomic mass is 10.2. The second-order valence-corrected chi connectivity index (χ2v) is 6.66. The monoisotopic (exact) mass is 407 g/mol. The molecule has 0 radical (unpaired) electrons. The number of benzene rings is 2. The van der Waals surface area contributed by atoms with Gasteiger partial charge in [-0.1, -0.05) is 34.1 Å². The standard InChI is InChI=1S/C20H14BrN3O2/c21-14-8-10-15(11-9-14)23-12-4-7-17(23)13-18-19(25)24(20(26)22-18)16-5-2-1-3-6-16/h1-13H,(H,22,26). The molecule has 6 heteroatoms. The van der Waals surface area contributed by atoms with Gasteiger partial charge in [-0.15, -0.1) is 0 Å². The lowest BCUT2D eigenvalue weighted by Crippen LogP contribution is -2.30. The van der Waals surface area contributed by atoms with Crippen molar-refractivity contribution < 1.29 is 9.59 Å². The normalized spacial score (nSPS) is 15.6. The molecule has 0 spiro atoms. The van der Waals surface area contributed by atoms with Crippen LogP contribution in [0.1, 0.15) is 5.69 Å². The van der Waals surface area contributed by atoms with Crippen LogP contribution in [0, 0.1) is 0 Å². The first-order valence-corrected chi connectivity index (χ1v) is 8.78. The zero-order chi connectivity index (χ0) is 18.1. The van der Waals surface area contributed by atoms with Crippen LogP contribution >= 0.6 is 15.9 Å². The van der Waals surface area contributed by atoms with Crippen LogP contribution in [0.5, 0.6) is 0 Å². The van der Waals surface area contributed by atoms with E-state index in [1.165, 1.54) is 0 Å². The molecular formula is C20H14BrN3O2. The van der Waals surface area contributed by atoms with E-state index in [0.29, 0.717) is 5.69 Å². The number of aromatic nitrogens is 1. The number of carbonyl (C=O) groups is 2. The van der Waals surface area contributed by atoms with E-state index in [0.717, 1.165) is 20.8 Å². The van der Waals surface area contributed by atoms with Gasteiger partial charge in [0, 0.05) is 22.1 Å². The first kappa shape index (κ1) is 16.4. The van der Waals surface area contributed by atoms with Crippen LogP contribution < -0.4 is 10.2 Å². The van der Waals surface area contributed by atoms with Gasteiger partial charge in [-0.25, -0.2) is 9.69 Å². The van der Waals surface area contributed by atoms with E-state index in [9.17, 15) is 9.59 Å². The second kappa shape index (κ2) is 6.65. The number of imide groups is 1. The quantitative estimate of drug-likeness (QED) is 0.518. The molecule has 2 aromatic carbocycles. The van der Waals surface area contributed by atoms with Crippen molar-refractivity contribution in [2.75, 3.05) is 4.90 Å². The minimum atomic E-state index is -0.450. The third-order valence-corrected chi connectivity index (χ3v) is 4.60. The highest BCUT2D eigenvalue weighted by Gasteiger charge is 2.34. The Morgan fingerprint density at radius 2 is 1.58 bits per heavy atom. The molecule has 5 nitrogen and oxygen atoms in total. The number of nitrogens with zero attached hydrogens (tertiary/aromatic N) is 2. The number of nitrogens with one attached hydrogen (secondary N) is 1. The summed E-state index contributed by atoms with van der Waals surface area (Å²) in [6, 6.07) is 20.0. The third kappa shape index (κ3) is 2.95. The molecule has 1 N–H and O–H groups in total. The van der Waals surface area contributed by atoms with Gasteiger partial charge in [0.05, 0.1) is 5.69 Å². The number of halogens is 1. The number of hydrogen-bond donors (Lipinski definition) is 1. The Morgan fingerprint density at radius 3 is 2.31 bits per heavy atom. The molecule has 1 aromatic heterocycles. The van der Waals surface area contributed by atoms with E-state index < -0.39 is 6.03 Å². The summed E-state index contributed by atoms with van der Waals surface area (Å²) in [5, 5.41) is 2.66. The minimum Gasteiger partial charge on any atom is -0.317 e. The smallest absolute Gasteiger partial charge is 0.317 e. The van der Waals surface area contributed by atoms with Crippen molar-refractivity contribution in [1.29, 1.82) is 0 Å². The summed E-state index contributed by atoms with van der Waals surface area (Å²) in [6.45, 7) is 0. The van der Waals surface area contributed by atoms with Gasteiger partial charge in [0.25, 0.3) is 5.91 Å². The largest absolute Gasteiger partial charge is 0.333 e. The van der Waals surface area contributed by atoms with Crippen LogP contribution in [0.2, 0.25) is 0 Å². The fourth-order valence-corrected chi connectivity index (χ4v) is 3.11. The molecule has 0 atom stereocenters. The number of anilines is 1. The van der Waals surface area contributed by atoms with Crippen LogP contribution in [0.3, 0.4) is 0 Å². The molecule has 0 aliphatic carbocycles. The first-order chi connectivity index (χ1) is 12.6. The van der Waals surface area contributed by atoms with E-state index in [-0.39, 0.29) is 11.6 Å². The maximum Gasteiger partial charge on any atom is 0.333 e. The van der Waals surface area contributed by atoms with Gasteiger partial charge in [0.1, 0.15) is 5.70 Å². The van der Waals surface area contributed by atoms with E-state index >= 15 is 0 Å². The Labute approximate surface area is 158 Å². The van der Waals surface area contributed by atoms with Gasteiger partial charge in [0.2, 0.25) is 0 Å². The zero-order valence-electron chi connectivity index (χ0n) is 13.6. The summed E-state index contributed by atoms with van der Waals surface area (Å²) in [7, 11) is 0. The number of urea groups is 1. The molecule has 2 heterocycles. The third-order valence-electron chi connectivity index (χ3n) is 4.07. The summed E-state index contributed by atoms with van der Waals surface area (Å²) in [5.74, 6) is -0.371. The van der Waals surface area contributed by atoms with Crippen molar-refractivity contribution in [3.05, 3.63) is 88.8 Å². The van der Waals surface area contributed by atoms with Crippen molar-refractivity contribution >= 4 is 39.6 Å². The molecule has 0 bridgehead atoms. The van der Waals surface area contributed by atoms with Crippen LogP contribution in [0.15, 0.2) is 83.1 Å². The molecule has 1 fully saturated rings. The molecule has 1 aliphatic heterocycles. The Hall–Kier alpha value is -3.12. The van der Waals surface area contributed by atoms with Crippen molar-refractivity contribution in [3.63, 3.8) is 0 Å². The maximum absolute atomic E-state index is 12.7. The average Bonchev–Trinajstić information content (AvgIpc) is 3.21. The molecule has 4 rings (SSSR count). The Bertz CT molecular complexity index is 1010. The van der Waals surface area contributed by atoms with Crippen molar-refractivity contribution in [1.82, 2.24) is 9.88 Å². The van der Waals surface area contributed by atoms with Crippen LogP contribution in [-0.4, -0.2) is 16.5 Å². The van der Waals surface area contributed by atoms with Gasteiger partial charge in [-0.05, 0) is 54.6 Å². The summed E-state index contributed by atoms with van der Waals surface area (Å²) >= 11 is 3.42. The Morgan fingerprint density at radius 1 is 0.846 bits per heavy atom. The number of para-hydroxylation sites is 1. The Balaban J connectivity index is 1.68. The van der Waals surface area contributed by atoms with E-state index in [4.69, 9.17) is 0 Å². The fourth-order valence-electron chi connectivity index (χ4n) is 2.84. The predicted molar refractivity (Wildman–Crippen MR) is 104 cm³/mol. The summed E-state index contributed by atoms with van der Waals surface area (Å²) in [4.78, 5) is 26.1. The van der Waals surface area contributed by atoms with Crippen LogP contribution in [0.25, 0.3) is 11.8 Å². The predicted octanol–water partition coefficient (Wildman–Crippen LogP) is 4.34. The maximum atomic E-state index is 12.7.